The van der Waals surface area contributed by atoms with E-state index in [0.717, 1.165) is 0 Å². The fraction of sp³-hybridized carbons (Fsp3) is 0.294. The number of ketones is 1. The number of carboxylic acids is 1. The first-order valence-corrected chi connectivity index (χ1v) is 7.71. The summed E-state index contributed by atoms with van der Waals surface area (Å²) in [7, 11) is 0. The van der Waals surface area contributed by atoms with Crippen molar-refractivity contribution in [3.05, 3.63) is 42.0 Å². The number of rotatable bonds is 6. The molecule has 1 saturated carbocycles. The lowest BCUT2D eigenvalue weighted by atomic mass is 10.0. The van der Waals surface area contributed by atoms with Crippen molar-refractivity contribution in [2.24, 2.45) is 11.8 Å². The van der Waals surface area contributed by atoms with Crippen LogP contribution in [-0.4, -0.2) is 28.9 Å². The third kappa shape index (κ3) is 3.28. The summed E-state index contributed by atoms with van der Waals surface area (Å²) in [4.78, 5) is 35.0. The molecular formula is C17H14ClO6. The lowest BCUT2D eigenvalue weighted by Gasteiger charge is -2.10. The molecule has 1 heterocycles. The van der Waals surface area contributed by atoms with E-state index in [2.05, 4.69) is 6.92 Å². The molecule has 0 spiro atoms. The van der Waals surface area contributed by atoms with Gasteiger partial charge in [-0.15, -0.1) is 0 Å². The van der Waals surface area contributed by atoms with Crippen LogP contribution in [-0.2, 0) is 14.3 Å². The standard InChI is InChI=1S/C17H14ClO6/c1-8(4-14(19)20)24-17(22)12-7-11(12)15(21)10-5-9-2-3-23-16(9)13(18)6-10/h2-3,5-6,8,11-12H,1,4,7H2,(H,19,20)/t8?,11-,12-/m0/s1. The van der Waals surface area contributed by atoms with E-state index in [9.17, 15) is 14.4 Å². The Morgan fingerprint density at radius 3 is 2.83 bits per heavy atom. The first-order chi connectivity index (χ1) is 11.4. The number of ether oxygens (including phenoxy) is 1. The molecule has 3 rings (SSSR count). The molecule has 1 radical (unpaired) electrons. The predicted molar refractivity (Wildman–Crippen MR) is 84.6 cm³/mol. The fourth-order valence-electron chi connectivity index (χ4n) is 2.63. The summed E-state index contributed by atoms with van der Waals surface area (Å²) in [6.45, 7) is 3.46. The zero-order valence-corrected chi connectivity index (χ0v) is 13.3. The lowest BCUT2D eigenvalue weighted by molar-refractivity contribution is -0.152. The van der Waals surface area contributed by atoms with E-state index in [-0.39, 0.29) is 12.2 Å². The molecule has 2 aromatic rings. The summed E-state index contributed by atoms with van der Waals surface area (Å²) >= 11 is 6.09. The first kappa shape index (κ1) is 16.5. The van der Waals surface area contributed by atoms with Gasteiger partial charge in [0.15, 0.2) is 11.4 Å². The van der Waals surface area contributed by atoms with E-state index in [0.29, 0.717) is 28.0 Å². The molecule has 1 unspecified atom stereocenters. The molecule has 3 atom stereocenters. The van der Waals surface area contributed by atoms with Crippen molar-refractivity contribution in [3.63, 3.8) is 0 Å². The minimum absolute atomic E-state index is 0.194. The second-order valence-electron chi connectivity index (χ2n) is 5.77. The maximum Gasteiger partial charge on any atom is 0.309 e. The number of carbonyl (C=O) groups is 3. The average molecular weight is 350 g/mol. The fourth-order valence-corrected chi connectivity index (χ4v) is 2.90. The van der Waals surface area contributed by atoms with Crippen molar-refractivity contribution in [1.82, 2.24) is 0 Å². The molecule has 1 aliphatic rings. The number of furan rings is 1. The zero-order chi connectivity index (χ0) is 17.4. The van der Waals surface area contributed by atoms with Gasteiger partial charge in [-0.3, -0.25) is 14.4 Å². The normalized spacial score (nSPS) is 20.6. The Hall–Kier alpha value is -2.34. The van der Waals surface area contributed by atoms with Gasteiger partial charge in [0.1, 0.15) is 6.10 Å². The Kier molecular flexibility index (Phi) is 4.32. The summed E-state index contributed by atoms with van der Waals surface area (Å²) in [6, 6.07) is 4.89. The van der Waals surface area contributed by atoms with E-state index in [1.165, 1.54) is 12.3 Å². The number of carbonyl (C=O) groups excluding carboxylic acids is 2. The maximum absolute atomic E-state index is 12.5. The van der Waals surface area contributed by atoms with E-state index >= 15 is 0 Å². The largest absolute Gasteiger partial charge is 0.481 e. The summed E-state index contributed by atoms with van der Waals surface area (Å²) in [6.07, 6.45) is 0.518. The number of hydrogen-bond donors (Lipinski definition) is 1. The van der Waals surface area contributed by atoms with Crippen LogP contribution in [0.1, 0.15) is 23.2 Å². The molecule has 6 nitrogen and oxygen atoms in total. The topological polar surface area (TPSA) is 93.8 Å². The quantitative estimate of drug-likeness (QED) is 0.636. The van der Waals surface area contributed by atoms with Crippen molar-refractivity contribution in [1.29, 1.82) is 0 Å². The molecule has 0 aliphatic heterocycles. The Morgan fingerprint density at radius 2 is 2.12 bits per heavy atom. The van der Waals surface area contributed by atoms with Gasteiger partial charge in [0.05, 0.1) is 23.6 Å². The first-order valence-electron chi connectivity index (χ1n) is 7.33. The van der Waals surface area contributed by atoms with Gasteiger partial charge in [-0.1, -0.05) is 11.6 Å². The van der Waals surface area contributed by atoms with Crippen molar-refractivity contribution in [2.45, 2.75) is 18.9 Å². The van der Waals surface area contributed by atoms with Crippen molar-refractivity contribution >= 4 is 40.3 Å². The van der Waals surface area contributed by atoms with Gasteiger partial charge in [0.2, 0.25) is 0 Å². The molecule has 24 heavy (non-hydrogen) atoms. The summed E-state index contributed by atoms with van der Waals surface area (Å²) in [5.41, 5.74) is 0.916. The highest BCUT2D eigenvalue weighted by molar-refractivity contribution is 6.35. The van der Waals surface area contributed by atoms with Gasteiger partial charge >= 0.3 is 11.9 Å². The molecule has 1 aromatic carbocycles. The van der Waals surface area contributed by atoms with Crippen LogP contribution in [0.15, 0.2) is 28.9 Å². The highest BCUT2D eigenvalue weighted by Crippen LogP contribution is 2.43. The highest BCUT2D eigenvalue weighted by Gasteiger charge is 2.49. The predicted octanol–water partition coefficient (Wildman–Crippen LogP) is 3.13. The Balaban J connectivity index is 1.66. The lowest BCUT2D eigenvalue weighted by Crippen LogP contribution is -2.21. The van der Waals surface area contributed by atoms with Crippen molar-refractivity contribution < 1.29 is 28.6 Å². The Morgan fingerprint density at radius 1 is 1.38 bits per heavy atom. The van der Waals surface area contributed by atoms with Gasteiger partial charge in [0, 0.05) is 16.9 Å². The SMILES string of the molecule is [CH2]C(CC(=O)O)OC(=O)[C@H]1C[C@@H]1C(=O)c1cc(Cl)c2occc2c1. The summed E-state index contributed by atoms with van der Waals surface area (Å²) in [5, 5.41) is 9.68. The second kappa shape index (κ2) is 6.28. The number of carboxylic acid groups (broad SMARTS) is 1. The maximum atomic E-state index is 12.5. The van der Waals surface area contributed by atoms with E-state index < -0.39 is 29.9 Å². The minimum Gasteiger partial charge on any atom is -0.481 e. The van der Waals surface area contributed by atoms with Crippen LogP contribution < -0.4 is 0 Å². The van der Waals surface area contributed by atoms with E-state index in [1.807, 2.05) is 0 Å². The minimum atomic E-state index is -1.10. The summed E-state index contributed by atoms with van der Waals surface area (Å²) in [5.74, 6) is -2.93. The Labute approximate surface area is 142 Å². The molecule has 0 saturated heterocycles. The van der Waals surface area contributed by atoms with Gasteiger partial charge < -0.3 is 14.3 Å². The molecule has 1 N–H and O–H groups in total. The monoisotopic (exact) mass is 349 g/mol. The molecule has 7 heteroatoms. The number of esters is 1. The smallest absolute Gasteiger partial charge is 0.309 e. The van der Waals surface area contributed by atoms with Gasteiger partial charge in [0.25, 0.3) is 0 Å². The van der Waals surface area contributed by atoms with Crippen LogP contribution in [0.2, 0.25) is 5.02 Å². The molecular weight excluding hydrogens is 336 g/mol. The van der Waals surface area contributed by atoms with Crippen LogP contribution in [0.4, 0.5) is 0 Å². The van der Waals surface area contributed by atoms with E-state index in [4.69, 9.17) is 25.9 Å². The number of fused-ring (bicyclic) bond motifs is 1. The second-order valence-corrected chi connectivity index (χ2v) is 6.17. The molecule has 1 aromatic heterocycles. The molecule has 1 aliphatic carbocycles. The van der Waals surface area contributed by atoms with Gasteiger partial charge in [-0.25, -0.2) is 0 Å². The number of aliphatic carboxylic acids is 1. The highest BCUT2D eigenvalue weighted by atomic mass is 35.5. The third-order valence-corrected chi connectivity index (χ3v) is 4.19. The molecule has 0 bridgehead atoms. The van der Waals surface area contributed by atoms with Crippen LogP contribution in [0.5, 0.6) is 0 Å². The number of benzene rings is 1. The Bertz CT molecular complexity index is 824. The molecule has 1 fully saturated rings. The van der Waals surface area contributed by atoms with Crippen molar-refractivity contribution in [2.75, 3.05) is 0 Å². The number of Topliss-reactive ketones (excluding diaryl/α,β-unsaturated/α-hetero) is 1. The zero-order valence-electron chi connectivity index (χ0n) is 12.5. The number of hydrogen-bond acceptors (Lipinski definition) is 5. The van der Waals surface area contributed by atoms with Crippen LogP contribution in [0.3, 0.4) is 0 Å². The third-order valence-electron chi connectivity index (χ3n) is 3.91. The van der Waals surface area contributed by atoms with Gasteiger partial charge in [-0.2, -0.15) is 0 Å². The molecule has 125 valence electrons. The van der Waals surface area contributed by atoms with Crippen molar-refractivity contribution in [3.8, 4) is 0 Å². The average Bonchev–Trinajstić information content (AvgIpc) is 3.15. The van der Waals surface area contributed by atoms with Crippen LogP contribution in [0.25, 0.3) is 11.0 Å². The van der Waals surface area contributed by atoms with Crippen LogP contribution in [0, 0.1) is 18.8 Å². The number of halogens is 1. The molecule has 0 amide bonds. The van der Waals surface area contributed by atoms with Gasteiger partial charge in [-0.05, 0) is 31.5 Å². The van der Waals surface area contributed by atoms with Crippen LogP contribution >= 0.6 is 11.6 Å². The van der Waals surface area contributed by atoms with E-state index in [1.54, 1.807) is 12.1 Å². The summed E-state index contributed by atoms with van der Waals surface area (Å²) < 4.78 is 10.2.